The molecule has 0 heterocycles. The minimum absolute atomic E-state index is 0.171. The van der Waals surface area contributed by atoms with E-state index < -0.39 is 10.0 Å². The highest BCUT2D eigenvalue weighted by Crippen LogP contribution is 2.22. The van der Waals surface area contributed by atoms with Gasteiger partial charge in [0.05, 0.1) is 4.90 Å². The molecule has 1 aromatic carbocycles. The number of sulfonamides is 1. The van der Waals surface area contributed by atoms with Crippen LogP contribution in [0.25, 0.3) is 0 Å². The van der Waals surface area contributed by atoms with Crippen LogP contribution < -0.4 is 10.5 Å². The lowest BCUT2D eigenvalue weighted by atomic mass is 10.0. The van der Waals surface area contributed by atoms with Gasteiger partial charge in [0, 0.05) is 6.54 Å². The summed E-state index contributed by atoms with van der Waals surface area (Å²) >= 11 is 0. The molecule has 0 amide bonds. The second kappa shape index (κ2) is 7.20. The minimum Gasteiger partial charge on any atom is -0.312 e. The van der Waals surface area contributed by atoms with E-state index in [1.165, 1.54) is 38.5 Å². The van der Waals surface area contributed by atoms with Crippen LogP contribution in [-0.2, 0) is 16.6 Å². The molecule has 0 aromatic heterocycles. The monoisotopic (exact) mass is 296 g/mol. The Morgan fingerprint density at radius 1 is 1.05 bits per heavy atom. The van der Waals surface area contributed by atoms with E-state index in [2.05, 4.69) is 5.32 Å². The minimum atomic E-state index is -3.58. The maximum Gasteiger partial charge on any atom is 0.238 e. The SMILES string of the molecule is NS(=O)(=O)c1ccc(CNCC2CCCCCC2)cc1. The molecule has 0 atom stereocenters. The largest absolute Gasteiger partial charge is 0.312 e. The van der Waals surface area contributed by atoms with Gasteiger partial charge in [-0.05, 0) is 43.0 Å². The van der Waals surface area contributed by atoms with Gasteiger partial charge < -0.3 is 5.32 Å². The van der Waals surface area contributed by atoms with Gasteiger partial charge in [-0.15, -0.1) is 0 Å². The summed E-state index contributed by atoms with van der Waals surface area (Å²) < 4.78 is 22.3. The van der Waals surface area contributed by atoms with Gasteiger partial charge in [-0.1, -0.05) is 37.8 Å². The Morgan fingerprint density at radius 2 is 1.65 bits per heavy atom. The van der Waals surface area contributed by atoms with Crippen molar-refractivity contribution in [3.63, 3.8) is 0 Å². The van der Waals surface area contributed by atoms with Crippen molar-refractivity contribution in [3.05, 3.63) is 29.8 Å². The molecule has 1 aromatic rings. The van der Waals surface area contributed by atoms with Crippen LogP contribution in [0, 0.1) is 5.92 Å². The van der Waals surface area contributed by atoms with Crippen molar-refractivity contribution in [2.75, 3.05) is 6.54 Å². The van der Waals surface area contributed by atoms with Gasteiger partial charge in [-0.25, -0.2) is 13.6 Å². The highest BCUT2D eigenvalue weighted by molar-refractivity contribution is 7.89. The molecule has 0 radical (unpaired) electrons. The molecule has 20 heavy (non-hydrogen) atoms. The molecule has 1 aliphatic rings. The van der Waals surface area contributed by atoms with Crippen LogP contribution in [0.15, 0.2) is 29.2 Å². The van der Waals surface area contributed by atoms with Crippen LogP contribution in [0.4, 0.5) is 0 Å². The van der Waals surface area contributed by atoms with Gasteiger partial charge in [0.2, 0.25) is 10.0 Å². The number of hydrogen-bond donors (Lipinski definition) is 2. The van der Waals surface area contributed by atoms with E-state index in [1.54, 1.807) is 12.1 Å². The molecule has 0 spiro atoms. The number of primary sulfonamides is 1. The third kappa shape index (κ3) is 4.89. The zero-order valence-electron chi connectivity index (χ0n) is 11.8. The molecular formula is C15H24N2O2S. The van der Waals surface area contributed by atoms with E-state index in [-0.39, 0.29) is 4.90 Å². The summed E-state index contributed by atoms with van der Waals surface area (Å²) in [7, 11) is -3.58. The van der Waals surface area contributed by atoms with Gasteiger partial charge >= 0.3 is 0 Å². The lowest BCUT2D eigenvalue weighted by molar-refractivity contribution is 0.425. The van der Waals surface area contributed by atoms with Crippen LogP contribution in [-0.4, -0.2) is 15.0 Å². The fourth-order valence-corrected chi connectivity index (χ4v) is 3.30. The Labute approximate surface area is 121 Å². The zero-order valence-corrected chi connectivity index (χ0v) is 12.7. The number of nitrogens with one attached hydrogen (secondary N) is 1. The van der Waals surface area contributed by atoms with E-state index in [9.17, 15) is 8.42 Å². The predicted molar refractivity (Wildman–Crippen MR) is 80.7 cm³/mol. The zero-order chi connectivity index (χ0) is 14.4. The highest BCUT2D eigenvalue weighted by atomic mass is 32.2. The third-order valence-corrected chi connectivity index (χ3v) is 4.92. The molecule has 0 saturated heterocycles. The molecule has 1 fully saturated rings. The number of rotatable bonds is 5. The van der Waals surface area contributed by atoms with Gasteiger partial charge in [0.15, 0.2) is 0 Å². The molecule has 5 heteroatoms. The summed E-state index contributed by atoms with van der Waals surface area (Å²) in [5.74, 6) is 0.793. The van der Waals surface area contributed by atoms with Crippen molar-refractivity contribution in [3.8, 4) is 0 Å². The Balaban J connectivity index is 1.79. The average Bonchev–Trinajstić information content (AvgIpc) is 2.67. The summed E-state index contributed by atoms with van der Waals surface area (Å²) in [4.78, 5) is 0.171. The molecule has 0 aliphatic heterocycles. The predicted octanol–water partition coefficient (Wildman–Crippen LogP) is 2.39. The Morgan fingerprint density at radius 3 is 2.20 bits per heavy atom. The number of benzene rings is 1. The van der Waals surface area contributed by atoms with Crippen molar-refractivity contribution in [1.29, 1.82) is 0 Å². The van der Waals surface area contributed by atoms with E-state index in [4.69, 9.17) is 5.14 Å². The second-order valence-electron chi connectivity index (χ2n) is 5.68. The molecule has 4 nitrogen and oxygen atoms in total. The molecule has 1 saturated carbocycles. The van der Waals surface area contributed by atoms with Crippen molar-refractivity contribution in [1.82, 2.24) is 5.32 Å². The normalized spacial score (nSPS) is 17.9. The molecule has 0 bridgehead atoms. The Bertz CT molecular complexity index is 503. The fraction of sp³-hybridized carbons (Fsp3) is 0.600. The summed E-state index contributed by atoms with van der Waals surface area (Å²) in [5, 5.41) is 8.55. The summed E-state index contributed by atoms with van der Waals surface area (Å²) in [6.07, 6.45) is 8.14. The maximum absolute atomic E-state index is 11.2. The van der Waals surface area contributed by atoms with Crippen molar-refractivity contribution in [2.24, 2.45) is 11.1 Å². The van der Waals surface area contributed by atoms with Crippen molar-refractivity contribution < 1.29 is 8.42 Å². The van der Waals surface area contributed by atoms with Crippen molar-refractivity contribution in [2.45, 2.75) is 50.0 Å². The summed E-state index contributed by atoms with van der Waals surface area (Å²) in [5.41, 5.74) is 1.09. The van der Waals surface area contributed by atoms with E-state index in [0.717, 1.165) is 24.6 Å². The van der Waals surface area contributed by atoms with Gasteiger partial charge in [-0.3, -0.25) is 0 Å². The summed E-state index contributed by atoms with van der Waals surface area (Å²) in [6, 6.07) is 6.77. The Kier molecular flexibility index (Phi) is 5.57. The first-order valence-electron chi connectivity index (χ1n) is 7.38. The van der Waals surface area contributed by atoms with Crippen LogP contribution >= 0.6 is 0 Å². The maximum atomic E-state index is 11.2. The van der Waals surface area contributed by atoms with E-state index >= 15 is 0 Å². The quantitative estimate of drug-likeness (QED) is 0.820. The summed E-state index contributed by atoms with van der Waals surface area (Å²) in [6.45, 7) is 1.83. The molecule has 1 aliphatic carbocycles. The third-order valence-electron chi connectivity index (χ3n) is 3.99. The number of nitrogens with two attached hydrogens (primary N) is 1. The molecule has 0 unspecified atom stereocenters. The first-order chi connectivity index (χ1) is 9.55. The van der Waals surface area contributed by atoms with Crippen LogP contribution in [0.3, 0.4) is 0 Å². The highest BCUT2D eigenvalue weighted by Gasteiger charge is 2.11. The first-order valence-corrected chi connectivity index (χ1v) is 8.93. The van der Waals surface area contributed by atoms with E-state index in [1.807, 2.05) is 12.1 Å². The first kappa shape index (κ1) is 15.5. The molecule has 112 valence electrons. The lowest BCUT2D eigenvalue weighted by Gasteiger charge is -2.14. The number of hydrogen-bond acceptors (Lipinski definition) is 3. The fourth-order valence-electron chi connectivity index (χ4n) is 2.79. The van der Waals surface area contributed by atoms with Gasteiger partial charge in [0.1, 0.15) is 0 Å². The molecule has 2 rings (SSSR count). The Hall–Kier alpha value is -0.910. The van der Waals surface area contributed by atoms with Crippen LogP contribution in [0.1, 0.15) is 44.1 Å². The van der Waals surface area contributed by atoms with E-state index in [0.29, 0.717) is 0 Å². The average molecular weight is 296 g/mol. The van der Waals surface area contributed by atoms with Crippen molar-refractivity contribution >= 4 is 10.0 Å². The standard InChI is InChI=1S/C15H24N2O2S/c16-20(18,19)15-9-7-14(8-10-15)12-17-11-13-5-3-1-2-4-6-13/h7-10,13,17H,1-6,11-12H2,(H2,16,18,19). The lowest BCUT2D eigenvalue weighted by Crippen LogP contribution is -2.22. The smallest absolute Gasteiger partial charge is 0.238 e. The molecule has 3 N–H and O–H groups in total. The van der Waals surface area contributed by atoms with Gasteiger partial charge in [-0.2, -0.15) is 0 Å². The van der Waals surface area contributed by atoms with Crippen LogP contribution in [0.5, 0.6) is 0 Å². The topological polar surface area (TPSA) is 72.2 Å². The van der Waals surface area contributed by atoms with Crippen LogP contribution in [0.2, 0.25) is 0 Å². The second-order valence-corrected chi connectivity index (χ2v) is 7.24. The molecular weight excluding hydrogens is 272 g/mol. The van der Waals surface area contributed by atoms with Gasteiger partial charge in [0.25, 0.3) is 0 Å².